The highest BCUT2D eigenvalue weighted by atomic mass is 16.5. The van der Waals surface area contributed by atoms with Crippen LogP contribution < -0.4 is 5.32 Å². The number of carbonyl (C=O) groups excluding carboxylic acids is 2. The maximum atomic E-state index is 11.9. The lowest BCUT2D eigenvalue weighted by Crippen LogP contribution is -2.19. The van der Waals surface area contributed by atoms with Crippen molar-refractivity contribution in [3.8, 4) is 0 Å². The molecule has 112 valence electrons. The Hall–Kier alpha value is -1.82. The number of rotatable bonds is 7. The molecule has 0 bridgehead atoms. The Labute approximate surface area is 118 Å². The number of nitrogens with one attached hydrogen (secondary N) is 2. The average molecular weight is 282 g/mol. The maximum absolute atomic E-state index is 11.9. The van der Waals surface area contributed by atoms with Crippen molar-refractivity contribution in [2.24, 2.45) is 5.92 Å². The summed E-state index contributed by atoms with van der Waals surface area (Å²) >= 11 is 0. The van der Waals surface area contributed by atoms with Gasteiger partial charge in [-0.25, -0.2) is 4.79 Å². The second-order valence-corrected chi connectivity index (χ2v) is 4.74. The average Bonchev–Trinajstić information content (AvgIpc) is 2.70. The number of anilines is 1. The second kappa shape index (κ2) is 7.69. The third-order valence-electron chi connectivity index (χ3n) is 2.82. The van der Waals surface area contributed by atoms with Crippen molar-refractivity contribution in [3.05, 3.63) is 17.5 Å². The number of amides is 1. The van der Waals surface area contributed by atoms with Crippen LogP contribution in [0.4, 0.5) is 5.69 Å². The van der Waals surface area contributed by atoms with Gasteiger partial charge >= 0.3 is 5.97 Å². The molecular weight excluding hydrogens is 260 g/mol. The van der Waals surface area contributed by atoms with E-state index in [4.69, 9.17) is 9.47 Å². The molecule has 1 heterocycles. The van der Waals surface area contributed by atoms with Crippen LogP contribution in [0, 0.1) is 12.8 Å². The number of aromatic nitrogens is 1. The Balaban J connectivity index is 2.73. The Morgan fingerprint density at radius 3 is 2.75 bits per heavy atom. The van der Waals surface area contributed by atoms with Gasteiger partial charge in [-0.2, -0.15) is 0 Å². The molecule has 1 rings (SSSR count). The van der Waals surface area contributed by atoms with E-state index in [-0.39, 0.29) is 11.8 Å². The summed E-state index contributed by atoms with van der Waals surface area (Å²) in [4.78, 5) is 26.7. The van der Waals surface area contributed by atoms with E-state index in [2.05, 4.69) is 10.3 Å². The SMILES string of the molecule is CCOC(=O)c1c(NC(=O)CC(C)COC)c[nH]c1C. The molecule has 0 saturated carbocycles. The molecule has 0 spiro atoms. The minimum atomic E-state index is -0.438. The quantitative estimate of drug-likeness (QED) is 0.751. The largest absolute Gasteiger partial charge is 0.462 e. The molecular formula is C14H22N2O4. The van der Waals surface area contributed by atoms with Gasteiger partial charge in [0.25, 0.3) is 0 Å². The fourth-order valence-corrected chi connectivity index (χ4v) is 1.95. The van der Waals surface area contributed by atoms with Crippen molar-refractivity contribution in [3.63, 3.8) is 0 Å². The topological polar surface area (TPSA) is 80.4 Å². The predicted molar refractivity (Wildman–Crippen MR) is 75.8 cm³/mol. The van der Waals surface area contributed by atoms with Crippen LogP contribution in [0.1, 0.15) is 36.3 Å². The number of ether oxygens (including phenoxy) is 2. The number of hydrogen-bond acceptors (Lipinski definition) is 4. The van der Waals surface area contributed by atoms with E-state index in [9.17, 15) is 9.59 Å². The summed E-state index contributed by atoms with van der Waals surface area (Å²) in [5.74, 6) is -0.475. The van der Waals surface area contributed by atoms with Crippen LogP contribution in [0.15, 0.2) is 6.20 Å². The summed E-state index contributed by atoms with van der Waals surface area (Å²) in [6.07, 6.45) is 1.93. The number of H-pyrrole nitrogens is 1. The van der Waals surface area contributed by atoms with Gasteiger partial charge in [-0.3, -0.25) is 4.79 Å². The summed E-state index contributed by atoms with van der Waals surface area (Å²) in [6.45, 7) is 6.24. The molecule has 1 amide bonds. The van der Waals surface area contributed by atoms with Crippen molar-refractivity contribution in [2.45, 2.75) is 27.2 Å². The number of carbonyl (C=O) groups is 2. The van der Waals surface area contributed by atoms with E-state index in [1.165, 1.54) is 0 Å². The Bertz CT molecular complexity index is 468. The summed E-state index contributed by atoms with van der Waals surface area (Å²) in [6, 6.07) is 0. The number of esters is 1. The molecule has 0 aliphatic carbocycles. The molecule has 0 aliphatic heterocycles. The summed E-state index contributed by atoms with van der Waals surface area (Å²) in [5, 5.41) is 2.73. The number of methoxy groups -OCH3 is 1. The van der Waals surface area contributed by atoms with Crippen molar-refractivity contribution in [2.75, 3.05) is 25.6 Å². The molecule has 6 nitrogen and oxygen atoms in total. The Morgan fingerprint density at radius 1 is 1.45 bits per heavy atom. The molecule has 1 aromatic heterocycles. The fraction of sp³-hybridized carbons (Fsp3) is 0.571. The van der Waals surface area contributed by atoms with Crippen LogP contribution in [0.3, 0.4) is 0 Å². The molecule has 20 heavy (non-hydrogen) atoms. The zero-order valence-corrected chi connectivity index (χ0v) is 12.4. The molecule has 1 unspecified atom stereocenters. The van der Waals surface area contributed by atoms with Gasteiger partial charge in [-0.1, -0.05) is 6.92 Å². The molecule has 0 saturated heterocycles. The predicted octanol–water partition coefficient (Wildman–Crippen LogP) is 2.11. The van der Waals surface area contributed by atoms with E-state index < -0.39 is 5.97 Å². The normalized spacial score (nSPS) is 12.0. The zero-order valence-electron chi connectivity index (χ0n) is 12.4. The number of aryl methyl sites for hydroxylation is 1. The third-order valence-corrected chi connectivity index (χ3v) is 2.82. The van der Waals surface area contributed by atoms with Gasteiger partial charge in [-0.15, -0.1) is 0 Å². The van der Waals surface area contributed by atoms with Gasteiger partial charge in [0.1, 0.15) is 5.56 Å². The summed E-state index contributed by atoms with van der Waals surface area (Å²) < 4.78 is 9.97. The van der Waals surface area contributed by atoms with Crippen LogP contribution >= 0.6 is 0 Å². The van der Waals surface area contributed by atoms with E-state index in [1.807, 2.05) is 6.92 Å². The molecule has 1 atom stereocenters. The monoisotopic (exact) mass is 282 g/mol. The van der Waals surface area contributed by atoms with Gasteiger partial charge in [-0.05, 0) is 19.8 Å². The first-order valence-electron chi connectivity index (χ1n) is 6.63. The van der Waals surface area contributed by atoms with Crippen LogP contribution in [-0.2, 0) is 14.3 Å². The zero-order chi connectivity index (χ0) is 15.1. The van der Waals surface area contributed by atoms with E-state index in [1.54, 1.807) is 27.2 Å². The Morgan fingerprint density at radius 2 is 2.15 bits per heavy atom. The van der Waals surface area contributed by atoms with Gasteiger partial charge in [0.05, 0.1) is 12.3 Å². The van der Waals surface area contributed by atoms with Crippen molar-refractivity contribution in [1.29, 1.82) is 0 Å². The van der Waals surface area contributed by atoms with Crippen molar-refractivity contribution >= 4 is 17.6 Å². The molecule has 2 N–H and O–H groups in total. The number of hydrogen-bond donors (Lipinski definition) is 2. The lowest BCUT2D eigenvalue weighted by molar-refractivity contribution is -0.117. The first kappa shape index (κ1) is 16.2. The minimum Gasteiger partial charge on any atom is -0.462 e. The standard InChI is InChI=1S/C14H22N2O4/c1-5-20-14(18)13-10(3)15-7-11(13)16-12(17)6-9(2)8-19-4/h7,9,15H,5-6,8H2,1-4H3,(H,16,17). The van der Waals surface area contributed by atoms with Crippen LogP contribution in [0.25, 0.3) is 0 Å². The van der Waals surface area contributed by atoms with Gasteiger partial charge in [0.15, 0.2) is 0 Å². The van der Waals surface area contributed by atoms with Gasteiger partial charge < -0.3 is 19.8 Å². The Kier molecular flexibility index (Phi) is 6.24. The molecule has 0 radical (unpaired) electrons. The minimum absolute atomic E-state index is 0.117. The first-order chi connectivity index (χ1) is 9.49. The van der Waals surface area contributed by atoms with Crippen molar-refractivity contribution < 1.29 is 19.1 Å². The van der Waals surface area contributed by atoms with E-state index >= 15 is 0 Å². The number of aromatic amines is 1. The molecule has 0 aliphatic rings. The second-order valence-electron chi connectivity index (χ2n) is 4.74. The van der Waals surface area contributed by atoms with Crippen LogP contribution in [0.5, 0.6) is 0 Å². The van der Waals surface area contributed by atoms with Crippen molar-refractivity contribution in [1.82, 2.24) is 4.98 Å². The molecule has 1 aromatic rings. The van der Waals surface area contributed by atoms with Crippen LogP contribution in [0.2, 0.25) is 0 Å². The molecule has 6 heteroatoms. The highest BCUT2D eigenvalue weighted by molar-refractivity contribution is 6.02. The smallest absolute Gasteiger partial charge is 0.342 e. The fourth-order valence-electron chi connectivity index (χ4n) is 1.95. The first-order valence-corrected chi connectivity index (χ1v) is 6.63. The van der Waals surface area contributed by atoms with Crippen LogP contribution in [-0.4, -0.2) is 37.2 Å². The van der Waals surface area contributed by atoms with Gasteiger partial charge in [0.2, 0.25) is 5.91 Å². The maximum Gasteiger partial charge on any atom is 0.342 e. The van der Waals surface area contributed by atoms with E-state index in [0.29, 0.717) is 36.6 Å². The van der Waals surface area contributed by atoms with Gasteiger partial charge in [0, 0.05) is 32.0 Å². The summed E-state index contributed by atoms with van der Waals surface area (Å²) in [7, 11) is 1.60. The molecule has 0 fully saturated rings. The highest BCUT2D eigenvalue weighted by Gasteiger charge is 2.19. The lowest BCUT2D eigenvalue weighted by Gasteiger charge is -2.11. The summed E-state index contributed by atoms with van der Waals surface area (Å²) in [5.41, 5.74) is 1.50. The molecule has 0 aromatic carbocycles. The third kappa shape index (κ3) is 4.38. The van der Waals surface area contributed by atoms with E-state index in [0.717, 1.165) is 0 Å². The lowest BCUT2D eigenvalue weighted by atomic mass is 10.1. The highest BCUT2D eigenvalue weighted by Crippen LogP contribution is 2.21.